The van der Waals surface area contributed by atoms with E-state index >= 15 is 0 Å². The second-order valence-electron chi connectivity index (χ2n) is 4.56. The number of hydrogen-bond acceptors (Lipinski definition) is 6. The van der Waals surface area contributed by atoms with Crippen LogP contribution in [0.25, 0.3) is 0 Å². The Kier molecular flexibility index (Phi) is 6.84. The van der Waals surface area contributed by atoms with E-state index in [0.29, 0.717) is 10.8 Å². The van der Waals surface area contributed by atoms with Crippen molar-refractivity contribution < 1.29 is 18.7 Å². The zero-order valence-electron chi connectivity index (χ0n) is 13.1. The van der Waals surface area contributed by atoms with Crippen molar-refractivity contribution in [1.29, 1.82) is 0 Å². The number of aliphatic imine (C=N–C) groups is 1. The fourth-order valence-electron chi connectivity index (χ4n) is 1.42. The molecule has 0 aromatic carbocycles. The van der Waals surface area contributed by atoms with Crippen LogP contribution in [-0.4, -0.2) is 60.0 Å². The predicted octanol–water partition coefficient (Wildman–Crippen LogP) is 0.115. The van der Waals surface area contributed by atoms with Crippen LogP contribution in [0.5, 0.6) is 0 Å². The molecule has 0 fully saturated rings. The molecule has 0 radical (unpaired) electrons. The van der Waals surface area contributed by atoms with Gasteiger partial charge in [-0.3, -0.25) is 4.79 Å². The van der Waals surface area contributed by atoms with Gasteiger partial charge in [0, 0.05) is 20.6 Å². The molecule has 0 spiro atoms. The van der Waals surface area contributed by atoms with Gasteiger partial charge >= 0.3 is 17.7 Å². The van der Waals surface area contributed by atoms with E-state index < -0.39 is 29.3 Å². The highest BCUT2D eigenvalue weighted by Gasteiger charge is 2.13. The lowest BCUT2D eigenvalue weighted by atomic mass is 10.4. The maximum atomic E-state index is 13.8. The number of nitrogens with zero attached hydrogens (tertiary/aromatic N) is 4. The minimum Gasteiger partial charge on any atom is -0.466 e. The van der Waals surface area contributed by atoms with Crippen molar-refractivity contribution in [3.8, 4) is 0 Å². The molecule has 0 saturated carbocycles. The summed E-state index contributed by atoms with van der Waals surface area (Å²) in [6, 6.07) is -0.895. The molecule has 9 nitrogen and oxygen atoms in total. The number of carbonyl (C=O) groups is 2. The second-order valence-corrected chi connectivity index (χ2v) is 4.56. The van der Waals surface area contributed by atoms with Crippen LogP contribution in [0.3, 0.4) is 0 Å². The average molecular weight is 327 g/mol. The number of esters is 1. The standard InChI is InChI=1S/C13H18FN5O4/c1-4-23-10(20)5-6-15-12(21)19-7-9(14)11(17-13(19)22)16-8-18(2)3/h7-8H,4-6H2,1-3H3,(H,15,21)/b16-8+. The van der Waals surface area contributed by atoms with Gasteiger partial charge in [0.05, 0.1) is 25.6 Å². The van der Waals surface area contributed by atoms with Crippen molar-refractivity contribution in [2.45, 2.75) is 13.3 Å². The van der Waals surface area contributed by atoms with Gasteiger partial charge in [-0.05, 0) is 6.92 Å². The smallest absolute Gasteiger partial charge is 0.358 e. The molecule has 1 rings (SSSR count). The summed E-state index contributed by atoms with van der Waals surface area (Å²) in [7, 11) is 3.33. The normalized spacial score (nSPS) is 10.6. The first kappa shape index (κ1) is 18.3. The molecule has 1 N–H and O–H groups in total. The monoisotopic (exact) mass is 327 g/mol. The van der Waals surface area contributed by atoms with E-state index in [1.54, 1.807) is 21.0 Å². The third kappa shape index (κ3) is 5.85. The lowest BCUT2D eigenvalue weighted by molar-refractivity contribution is -0.142. The molecule has 0 saturated heterocycles. The molecule has 23 heavy (non-hydrogen) atoms. The van der Waals surface area contributed by atoms with Crippen LogP contribution in [0.4, 0.5) is 15.0 Å². The van der Waals surface area contributed by atoms with Crippen LogP contribution in [0.15, 0.2) is 16.0 Å². The van der Waals surface area contributed by atoms with Crippen LogP contribution in [-0.2, 0) is 9.53 Å². The summed E-state index contributed by atoms with van der Waals surface area (Å²) in [5.41, 5.74) is -0.981. The average Bonchev–Trinajstić information content (AvgIpc) is 2.47. The highest BCUT2D eigenvalue weighted by molar-refractivity contribution is 5.77. The molecular formula is C13H18FN5O4. The van der Waals surface area contributed by atoms with Crippen LogP contribution in [0, 0.1) is 5.82 Å². The molecular weight excluding hydrogens is 309 g/mol. The molecule has 0 aliphatic carbocycles. The third-order valence-electron chi connectivity index (χ3n) is 2.40. The van der Waals surface area contributed by atoms with Crippen molar-refractivity contribution in [3.63, 3.8) is 0 Å². The molecule has 0 unspecified atom stereocenters. The van der Waals surface area contributed by atoms with Crippen LogP contribution < -0.4 is 11.0 Å². The fraction of sp³-hybridized carbons (Fsp3) is 0.462. The van der Waals surface area contributed by atoms with Crippen molar-refractivity contribution in [2.75, 3.05) is 27.2 Å². The van der Waals surface area contributed by atoms with Crippen molar-refractivity contribution in [3.05, 3.63) is 22.5 Å². The molecule has 1 amide bonds. The SMILES string of the molecule is CCOC(=O)CCNC(=O)n1cc(F)c(/N=C/N(C)C)nc1=O. The molecule has 1 heterocycles. The van der Waals surface area contributed by atoms with Crippen molar-refractivity contribution >= 4 is 24.2 Å². The summed E-state index contributed by atoms with van der Waals surface area (Å²) in [4.78, 5) is 43.2. The number of halogens is 1. The molecule has 1 aromatic heterocycles. The van der Waals surface area contributed by atoms with E-state index in [9.17, 15) is 18.8 Å². The Morgan fingerprint density at radius 3 is 2.83 bits per heavy atom. The Labute approximate surface area is 131 Å². The molecule has 0 aliphatic rings. The number of rotatable bonds is 6. The van der Waals surface area contributed by atoms with E-state index in [2.05, 4.69) is 20.0 Å². The van der Waals surface area contributed by atoms with E-state index in [0.717, 1.165) is 0 Å². The van der Waals surface area contributed by atoms with Gasteiger partial charge in [0.15, 0.2) is 11.6 Å². The largest absolute Gasteiger partial charge is 0.466 e. The Balaban J connectivity index is 2.77. The quantitative estimate of drug-likeness (QED) is 0.452. The summed E-state index contributed by atoms with van der Waals surface area (Å²) < 4.78 is 18.9. The highest BCUT2D eigenvalue weighted by Crippen LogP contribution is 2.09. The number of carbonyl (C=O) groups excluding carboxylic acids is 2. The van der Waals surface area contributed by atoms with Crippen LogP contribution in [0.1, 0.15) is 13.3 Å². The van der Waals surface area contributed by atoms with Gasteiger partial charge < -0.3 is 15.0 Å². The van der Waals surface area contributed by atoms with Gasteiger partial charge in [-0.15, -0.1) is 0 Å². The number of amides is 1. The molecule has 1 aromatic rings. The van der Waals surface area contributed by atoms with E-state index in [1.807, 2.05) is 0 Å². The summed E-state index contributed by atoms with van der Waals surface area (Å²) in [5, 5.41) is 2.30. The Bertz CT molecular complexity index is 656. The second kappa shape index (κ2) is 8.61. The maximum absolute atomic E-state index is 13.8. The predicted molar refractivity (Wildman–Crippen MR) is 80.3 cm³/mol. The molecule has 126 valence electrons. The summed E-state index contributed by atoms with van der Waals surface area (Å²) in [6.07, 6.45) is 1.90. The lowest BCUT2D eigenvalue weighted by Crippen LogP contribution is -2.38. The zero-order valence-corrected chi connectivity index (χ0v) is 13.1. The van der Waals surface area contributed by atoms with Crippen molar-refractivity contribution in [2.24, 2.45) is 4.99 Å². The summed E-state index contributed by atoms with van der Waals surface area (Å²) in [5.74, 6) is -1.83. The summed E-state index contributed by atoms with van der Waals surface area (Å²) >= 11 is 0. The van der Waals surface area contributed by atoms with Gasteiger partial charge in [0.1, 0.15) is 0 Å². The number of ether oxygens (including phenoxy) is 1. The Morgan fingerprint density at radius 2 is 2.22 bits per heavy atom. The Morgan fingerprint density at radius 1 is 1.52 bits per heavy atom. The van der Waals surface area contributed by atoms with Gasteiger partial charge in [0.2, 0.25) is 0 Å². The third-order valence-corrected chi connectivity index (χ3v) is 2.40. The minimum absolute atomic E-state index is 0.0493. The molecule has 0 bridgehead atoms. The van der Waals surface area contributed by atoms with E-state index in [1.165, 1.54) is 11.2 Å². The molecule has 0 atom stereocenters. The highest BCUT2D eigenvalue weighted by atomic mass is 19.1. The van der Waals surface area contributed by atoms with Gasteiger partial charge in [-0.1, -0.05) is 0 Å². The van der Waals surface area contributed by atoms with Crippen LogP contribution >= 0.6 is 0 Å². The zero-order chi connectivity index (χ0) is 17.4. The first-order valence-corrected chi connectivity index (χ1v) is 6.78. The Hall–Kier alpha value is -2.78. The van der Waals surface area contributed by atoms with Gasteiger partial charge in [-0.2, -0.15) is 4.98 Å². The van der Waals surface area contributed by atoms with Gasteiger partial charge in [-0.25, -0.2) is 23.5 Å². The van der Waals surface area contributed by atoms with Crippen LogP contribution in [0.2, 0.25) is 0 Å². The van der Waals surface area contributed by atoms with Crippen molar-refractivity contribution in [1.82, 2.24) is 19.8 Å². The van der Waals surface area contributed by atoms with E-state index in [-0.39, 0.29) is 19.6 Å². The molecule has 0 aliphatic heterocycles. The number of aromatic nitrogens is 2. The number of nitrogens with one attached hydrogen (secondary N) is 1. The maximum Gasteiger partial charge on any atom is 0.358 e. The van der Waals surface area contributed by atoms with Gasteiger partial charge in [0.25, 0.3) is 0 Å². The lowest BCUT2D eigenvalue weighted by Gasteiger charge is -2.07. The van der Waals surface area contributed by atoms with E-state index in [4.69, 9.17) is 0 Å². The molecule has 10 heteroatoms. The first-order chi connectivity index (χ1) is 10.8. The number of hydrogen-bond donors (Lipinski definition) is 1. The summed E-state index contributed by atoms with van der Waals surface area (Å²) in [6.45, 7) is 1.84. The fourth-order valence-corrected chi connectivity index (χ4v) is 1.42. The first-order valence-electron chi connectivity index (χ1n) is 6.78. The topological polar surface area (TPSA) is 106 Å². The minimum atomic E-state index is -0.981.